The standard InChI is InChI=1S/C19H17BrN2O4/c1-12(18(23)22-16-7-5-15(20)6-8-16)26-19(24)13(2)25-17-9-3-14(11-21)4-10-17/h3-10,12-13H,1-2H3,(H,22,23). The Morgan fingerprint density at radius 1 is 1.04 bits per heavy atom. The molecule has 0 aliphatic carbocycles. The summed E-state index contributed by atoms with van der Waals surface area (Å²) in [5, 5.41) is 11.4. The number of ether oxygens (including phenoxy) is 2. The summed E-state index contributed by atoms with van der Waals surface area (Å²) in [5.74, 6) is -0.667. The van der Waals surface area contributed by atoms with Crippen LogP contribution < -0.4 is 10.1 Å². The van der Waals surface area contributed by atoms with Gasteiger partial charge in [0.05, 0.1) is 11.6 Å². The lowest BCUT2D eigenvalue weighted by Crippen LogP contribution is -2.35. The number of carbonyl (C=O) groups excluding carboxylic acids is 2. The Balaban J connectivity index is 1.87. The van der Waals surface area contributed by atoms with E-state index in [0.717, 1.165) is 4.47 Å². The fourth-order valence-corrected chi connectivity index (χ4v) is 2.23. The second-order valence-corrected chi connectivity index (χ2v) is 6.39. The summed E-state index contributed by atoms with van der Waals surface area (Å²) in [5.41, 5.74) is 1.09. The van der Waals surface area contributed by atoms with Gasteiger partial charge in [0.1, 0.15) is 5.75 Å². The molecule has 7 heteroatoms. The number of nitrogens with zero attached hydrogens (tertiary/aromatic N) is 1. The smallest absolute Gasteiger partial charge is 0.347 e. The molecular weight excluding hydrogens is 400 g/mol. The third kappa shape index (κ3) is 5.60. The molecule has 2 aromatic rings. The van der Waals surface area contributed by atoms with E-state index < -0.39 is 24.1 Å². The normalized spacial score (nSPS) is 12.4. The van der Waals surface area contributed by atoms with Gasteiger partial charge in [0.25, 0.3) is 5.91 Å². The Labute approximate surface area is 159 Å². The minimum Gasteiger partial charge on any atom is -0.479 e. The lowest BCUT2D eigenvalue weighted by atomic mass is 10.2. The molecule has 2 aromatic carbocycles. The van der Waals surface area contributed by atoms with Crippen LogP contribution in [0.2, 0.25) is 0 Å². The fourth-order valence-electron chi connectivity index (χ4n) is 1.96. The van der Waals surface area contributed by atoms with Crippen molar-refractivity contribution < 1.29 is 19.1 Å². The molecule has 0 radical (unpaired) electrons. The number of halogens is 1. The highest BCUT2D eigenvalue weighted by Crippen LogP contribution is 2.16. The minimum absolute atomic E-state index is 0.431. The van der Waals surface area contributed by atoms with Gasteiger partial charge in [-0.1, -0.05) is 15.9 Å². The number of rotatable bonds is 6. The van der Waals surface area contributed by atoms with Crippen LogP contribution in [0.5, 0.6) is 5.75 Å². The first-order valence-electron chi connectivity index (χ1n) is 7.83. The molecule has 2 rings (SSSR count). The van der Waals surface area contributed by atoms with Gasteiger partial charge in [0, 0.05) is 10.2 Å². The first-order chi connectivity index (χ1) is 12.4. The van der Waals surface area contributed by atoms with E-state index >= 15 is 0 Å². The molecule has 1 N–H and O–H groups in total. The third-order valence-corrected chi connectivity index (χ3v) is 3.93. The van der Waals surface area contributed by atoms with Crippen molar-refractivity contribution in [2.24, 2.45) is 0 Å². The van der Waals surface area contributed by atoms with Crippen molar-refractivity contribution in [3.8, 4) is 11.8 Å². The van der Waals surface area contributed by atoms with E-state index in [-0.39, 0.29) is 0 Å². The molecule has 134 valence electrons. The quantitative estimate of drug-likeness (QED) is 0.725. The number of amides is 1. The third-order valence-electron chi connectivity index (χ3n) is 3.40. The molecule has 0 heterocycles. The molecule has 26 heavy (non-hydrogen) atoms. The molecule has 6 nitrogen and oxygen atoms in total. The Kier molecular flexibility index (Phi) is 6.75. The Morgan fingerprint density at radius 2 is 1.65 bits per heavy atom. The van der Waals surface area contributed by atoms with Crippen molar-refractivity contribution in [1.82, 2.24) is 0 Å². The van der Waals surface area contributed by atoms with E-state index in [2.05, 4.69) is 21.2 Å². The lowest BCUT2D eigenvalue weighted by molar-refractivity contribution is -0.159. The molecule has 2 unspecified atom stereocenters. The zero-order chi connectivity index (χ0) is 19.1. The monoisotopic (exact) mass is 416 g/mol. The number of esters is 1. The second-order valence-electron chi connectivity index (χ2n) is 5.47. The number of carbonyl (C=O) groups is 2. The second kappa shape index (κ2) is 9.02. The van der Waals surface area contributed by atoms with Crippen LogP contribution in [0, 0.1) is 11.3 Å². The van der Waals surface area contributed by atoms with E-state index in [1.807, 2.05) is 6.07 Å². The van der Waals surface area contributed by atoms with Crippen molar-refractivity contribution >= 4 is 33.5 Å². The van der Waals surface area contributed by atoms with Crippen LogP contribution in [0.1, 0.15) is 19.4 Å². The Hall–Kier alpha value is -2.85. The summed E-state index contributed by atoms with van der Waals surface area (Å²) >= 11 is 3.31. The average Bonchev–Trinajstić information content (AvgIpc) is 2.64. The zero-order valence-electron chi connectivity index (χ0n) is 14.2. The maximum absolute atomic E-state index is 12.1. The predicted octanol–water partition coefficient (Wildman–Crippen LogP) is 3.66. The van der Waals surface area contributed by atoms with Crippen molar-refractivity contribution in [2.75, 3.05) is 5.32 Å². The molecule has 0 saturated carbocycles. The molecule has 0 spiro atoms. The average molecular weight is 417 g/mol. The highest BCUT2D eigenvalue weighted by Gasteiger charge is 2.23. The SMILES string of the molecule is CC(OC(=O)C(C)Oc1ccc(C#N)cc1)C(=O)Nc1ccc(Br)cc1. The number of benzene rings is 2. The van der Waals surface area contributed by atoms with Crippen LogP contribution in [0.15, 0.2) is 53.0 Å². The minimum atomic E-state index is -0.974. The van der Waals surface area contributed by atoms with E-state index in [4.69, 9.17) is 14.7 Å². The molecule has 0 saturated heterocycles. The van der Waals surface area contributed by atoms with Crippen LogP contribution in [0.4, 0.5) is 5.69 Å². The number of hydrogen-bond donors (Lipinski definition) is 1. The van der Waals surface area contributed by atoms with Gasteiger partial charge in [-0.25, -0.2) is 4.79 Å². The topological polar surface area (TPSA) is 88.4 Å². The first-order valence-corrected chi connectivity index (χ1v) is 8.62. The molecule has 0 fully saturated rings. The van der Waals surface area contributed by atoms with Gasteiger partial charge in [-0.2, -0.15) is 5.26 Å². The summed E-state index contributed by atoms with van der Waals surface area (Å²) in [7, 11) is 0. The van der Waals surface area contributed by atoms with E-state index in [9.17, 15) is 9.59 Å². The van der Waals surface area contributed by atoms with Gasteiger partial charge >= 0.3 is 5.97 Å². The number of hydrogen-bond acceptors (Lipinski definition) is 5. The van der Waals surface area contributed by atoms with Gasteiger partial charge in [-0.3, -0.25) is 4.79 Å². The van der Waals surface area contributed by atoms with Crippen LogP contribution in [0.25, 0.3) is 0 Å². The number of nitrogens with one attached hydrogen (secondary N) is 1. The van der Waals surface area contributed by atoms with Crippen LogP contribution in [-0.4, -0.2) is 24.1 Å². The van der Waals surface area contributed by atoms with Gasteiger partial charge in [0.2, 0.25) is 0 Å². The summed E-state index contributed by atoms with van der Waals surface area (Å²) in [6.07, 6.45) is -1.87. The summed E-state index contributed by atoms with van der Waals surface area (Å²) in [4.78, 5) is 24.2. The Morgan fingerprint density at radius 3 is 2.23 bits per heavy atom. The van der Waals surface area contributed by atoms with Crippen molar-refractivity contribution in [1.29, 1.82) is 5.26 Å². The molecule has 1 amide bonds. The van der Waals surface area contributed by atoms with E-state index in [0.29, 0.717) is 17.0 Å². The maximum Gasteiger partial charge on any atom is 0.347 e. The highest BCUT2D eigenvalue weighted by atomic mass is 79.9. The summed E-state index contributed by atoms with van der Waals surface area (Å²) < 4.78 is 11.5. The van der Waals surface area contributed by atoms with Gasteiger partial charge in [-0.15, -0.1) is 0 Å². The summed E-state index contributed by atoms with van der Waals surface area (Å²) in [6, 6.07) is 15.4. The molecular formula is C19H17BrN2O4. The fraction of sp³-hybridized carbons (Fsp3) is 0.211. The zero-order valence-corrected chi connectivity index (χ0v) is 15.8. The molecule has 0 aliphatic rings. The Bertz CT molecular complexity index is 813. The number of anilines is 1. The van der Waals surface area contributed by atoms with Crippen molar-refractivity contribution in [3.05, 3.63) is 58.6 Å². The summed E-state index contributed by atoms with van der Waals surface area (Å²) in [6.45, 7) is 3.01. The predicted molar refractivity (Wildman–Crippen MR) is 99.6 cm³/mol. The van der Waals surface area contributed by atoms with Crippen LogP contribution in [-0.2, 0) is 14.3 Å². The van der Waals surface area contributed by atoms with Gasteiger partial charge < -0.3 is 14.8 Å². The highest BCUT2D eigenvalue weighted by molar-refractivity contribution is 9.10. The van der Waals surface area contributed by atoms with Crippen molar-refractivity contribution in [3.63, 3.8) is 0 Å². The van der Waals surface area contributed by atoms with Crippen LogP contribution in [0.3, 0.4) is 0 Å². The van der Waals surface area contributed by atoms with Crippen LogP contribution >= 0.6 is 15.9 Å². The molecule has 2 atom stereocenters. The van der Waals surface area contributed by atoms with Crippen molar-refractivity contribution in [2.45, 2.75) is 26.1 Å². The van der Waals surface area contributed by atoms with Gasteiger partial charge in [0.15, 0.2) is 12.2 Å². The maximum atomic E-state index is 12.1. The van der Waals surface area contributed by atoms with Gasteiger partial charge in [-0.05, 0) is 62.4 Å². The van der Waals surface area contributed by atoms with E-state index in [1.165, 1.54) is 13.8 Å². The number of nitriles is 1. The largest absolute Gasteiger partial charge is 0.479 e. The molecule has 0 aromatic heterocycles. The first kappa shape index (κ1) is 19.5. The van der Waals surface area contributed by atoms with E-state index in [1.54, 1.807) is 48.5 Å². The molecule has 0 aliphatic heterocycles. The lowest BCUT2D eigenvalue weighted by Gasteiger charge is -2.18. The molecule has 0 bridgehead atoms.